The Hall–Kier alpha value is -3.23. The number of halogens is 1. The Morgan fingerprint density at radius 3 is 2.40 bits per heavy atom. The summed E-state index contributed by atoms with van der Waals surface area (Å²) in [6.07, 6.45) is 0.547. The molecule has 1 aliphatic heterocycles. The number of amides is 1. The van der Waals surface area contributed by atoms with Crippen LogP contribution in [0.1, 0.15) is 11.4 Å². The molecule has 3 aromatic rings. The van der Waals surface area contributed by atoms with E-state index >= 15 is 0 Å². The van der Waals surface area contributed by atoms with Crippen molar-refractivity contribution in [2.75, 3.05) is 18.0 Å². The summed E-state index contributed by atoms with van der Waals surface area (Å²) in [5, 5.41) is 17.9. The van der Waals surface area contributed by atoms with E-state index in [1.807, 2.05) is 53.4 Å². The Labute approximate surface area is 177 Å². The number of hydrogen-bond donors (Lipinski definition) is 3. The molecule has 0 atom stereocenters. The van der Waals surface area contributed by atoms with Crippen LogP contribution in [0.3, 0.4) is 0 Å². The van der Waals surface area contributed by atoms with E-state index in [4.69, 9.17) is 27.2 Å². The zero-order chi connectivity index (χ0) is 21.7. The van der Waals surface area contributed by atoms with Crippen LogP contribution < -0.4 is 10.6 Å². The molecular formula is C21H21ClN4O4. The number of carbonyl (C=O) groups is 2. The van der Waals surface area contributed by atoms with Crippen LogP contribution in [0.15, 0.2) is 48.5 Å². The Kier molecular flexibility index (Phi) is 6.49. The third-order valence-corrected chi connectivity index (χ3v) is 5.29. The van der Waals surface area contributed by atoms with Crippen LogP contribution in [0.4, 0.5) is 5.82 Å². The van der Waals surface area contributed by atoms with Gasteiger partial charge in [0.05, 0.1) is 10.9 Å². The SMILES string of the molecule is NC(=O)C1(Cc2ccc(Cl)cc2)CN(c2nc(CO)nc3ccccc23)C1.O=CO. The molecule has 1 amide bonds. The molecule has 0 aliphatic carbocycles. The summed E-state index contributed by atoms with van der Waals surface area (Å²) in [6, 6.07) is 15.1. The van der Waals surface area contributed by atoms with Gasteiger partial charge < -0.3 is 20.8 Å². The number of aromatic nitrogens is 2. The lowest BCUT2D eigenvalue weighted by molar-refractivity contribution is -0.129. The van der Waals surface area contributed by atoms with Crippen molar-refractivity contribution < 1.29 is 19.8 Å². The number of carboxylic acid groups (broad SMARTS) is 1. The number of para-hydroxylation sites is 1. The van der Waals surface area contributed by atoms with Crippen LogP contribution in [0.5, 0.6) is 0 Å². The highest BCUT2D eigenvalue weighted by Gasteiger charge is 2.49. The maximum Gasteiger partial charge on any atom is 0.290 e. The predicted molar refractivity (Wildman–Crippen MR) is 113 cm³/mol. The van der Waals surface area contributed by atoms with Crippen LogP contribution in [0, 0.1) is 5.41 Å². The lowest BCUT2D eigenvalue weighted by Crippen LogP contribution is -2.64. The second-order valence-electron chi connectivity index (χ2n) is 7.05. The van der Waals surface area contributed by atoms with Crippen LogP contribution in [0.25, 0.3) is 10.9 Å². The van der Waals surface area contributed by atoms with Gasteiger partial charge in [-0.25, -0.2) is 9.97 Å². The van der Waals surface area contributed by atoms with Gasteiger partial charge in [0.2, 0.25) is 5.91 Å². The normalized spacial score (nSPS) is 14.4. The number of aliphatic hydroxyl groups is 1. The zero-order valence-electron chi connectivity index (χ0n) is 16.0. The molecule has 0 unspecified atom stereocenters. The van der Waals surface area contributed by atoms with Crippen molar-refractivity contribution in [2.24, 2.45) is 11.1 Å². The Balaban J connectivity index is 0.000000806. The minimum absolute atomic E-state index is 0.239. The quantitative estimate of drug-likeness (QED) is 0.530. The topological polar surface area (TPSA) is 130 Å². The second-order valence-corrected chi connectivity index (χ2v) is 7.48. The number of primary amides is 1. The molecule has 8 nitrogen and oxygen atoms in total. The fraction of sp³-hybridized carbons (Fsp3) is 0.238. The Morgan fingerprint density at radius 1 is 1.17 bits per heavy atom. The number of fused-ring (bicyclic) bond motifs is 1. The number of carbonyl (C=O) groups excluding carboxylic acids is 1. The molecule has 30 heavy (non-hydrogen) atoms. The van der Waals surface area contributed by atoms with E-state index in [0.717, 1.165) is 22.3 Å². The molecule has 0 spiro atoms. The number of hydrogen-bond acceptors (Lipinski definition) is 6. The molecule has 156 valence electrons. The summed E-state index contributed by atoms with van der Waals surface area (Å²) in [4.78, 5) is 31.4. The summed E-state index contributed by atoms with van der Waals surface area (Å²) in [6.45, 7) is 0.449. The number of aliphatic hydroxyl groups excluding tert-OH is 1. The van der Waals surface area contributed by atoms with E-state index in [9.17, 15) is 9.90 Å². The number of nitrogens with two attached hydrogens (primary N) is 1. The maximum atomic E-state index is 12.2. The van der Waals surface area contributed by atoms with Crippen LogP contribution >= 0.6 is 11.6 Å². The van der Waals surface area contributed by atoms with Crippen molar-refractivity contribution >= 4 is 40.7 Å². The molecule has 2 aromatic carbocycles. The average molecular weight is 429 g/mol. The summed E-state index contributed by atoms with van der Waals surface area (Å²) in [5.41, 5.74) is 6.88. The largest absolute Gasteiger partial charge is 0.483 e. The monoisotopic (exact) mass is 428 g/mol. The Bertz CT molecular complexity index is 1050. The highest BCUT2D eigenvalue weighted by Crippen LogP contribution is 2.39. The lowest BCUT2D eigenvalue weighted by Gasteiger charge is -2.49. The van der Waals surface area contributed by atoms with Gasteiger partial charge in [-0.15, -0.1) is 0 Å². The van der Waals surface area contributed by atoms with Gasteiger partial charge >= 0.3 is 0 Å². The Morgan fingerprint density at radius 2 is 1.80 bits per heavy atom. The number of nitrogens with zero attached hydrogens (tertiary/aromatic N) is 3. The summed E-state index contributed by atoms with van der Waals surface area (Å²) in [7, 11) is 0. The molecule has 4 N–H and O–H groups in total. The van der Waals surface area contributed by atoms with Crippen LogP contribution in [0.2, 0.25) is 5.02 Å². The molecule has 1 aliphatic rings. The van der Waals surface area contributed by atoms with Crippen molar-refractivity contribution in [1.29, 1.82) is 0 Å². The van der Waals surface area contributed by atoms with Gasteiger partial charge in [0.1, 0.15) is 12.4 Å². The van der Waals surface area contributed by atoms with E-state index in [-0.39, 0.29) is 19.0 Å². The van der Waals surface area contributed by atoms with Gasteiger partial charge in [-0.1, -0.05) is 35.9 Å². The molecule has 1 aromatic heterocycles. The average Bonchev–Trinajstić information content (AvgIpc) is 2.71. The molecule has 0 bridgehead atoms. The summed E-state index contributed by atoms with van der Waals surface area (Å²) < 4.78 is 0. The number of benzene rings is 2. The van der Waals surface area contributed by atoms with Crippen LogP contribution in [-0.2, 0) is 22.6 Å². The van der Waals surface area contributed by atoms with Gasteiger partial charge in [-0.2, -0.15) is 0 Å². The lowest BCUT2D eigenvalue weighted by atomic mass is 9.74. The van der Waals surface area contributed by atoms with Gasteiger partial charge in [-0.05, 0) is 36.2 Å². The van der Waals surface area contributed by atoms with Crippen LogP contribution in [-0.4, -0.2) is 45.6 Å². The summed E-state index contributed by atoms with van der Waals surface area (Å²) >= 11 is 5.95. The zero-order valence-corrected chi connectivity index (χ0v) is 16.8. The highest BCUT2D eigenvalue weighted by molar-refractivity contribution is 6.30. The van der Waals surface area contributed by atoms with Crippen molar-refractivity contribution in [3.8, 4) is 0 Å². The smallest absolute Gasteiger partial charge is 0.290 e. The molecule has 1 saturated heterocycles. The molecule has 9 heteroatoms. The van der Waals surface area contributed by atoms with E-state index in [2.05, 4.69) is 9.97 Å². The van der Waals surface area contributed by atoms with Crippen molar-refractivity contribution in [3.63, 3.8) is 0 Å². The van der Waals surface area contributed by atoms with Gasteiger partial charge in [0.25, 0.3) is 6.47 Å². The fourth-order valence-electron chi connectivity index (χ4n) is 3.60. The van der Waals surface area contributed by atoms with Crippen molar-refractivity contribution in [1.82, 2.24) is 9.97 Å². The minimum atomic E-state index is -0.654. The van der Waals surface area contributed by atoms with Gasteiger partial charge in [0.15, 0.2) is 5.82 Å². The van der Waals surface area contributed by atoms with Gasteiger partial charge in [-0.3, -0.25) is 9.59 Å². The molecule has 4 rings (SSSR count). The van der Waals surface area contributed by atoms with Crippen molar-refractivity contribution in [2.45, 2.75) is 13.0 Å². The van der Waals surface area contributed by atoms with Crippen molar-refractivity contribution in [3.05, 3.63) is 64.9 Å². The maximum absolute atomic E-state index is 12.2. The molecule has 0 radical (unpaired) electrons. The molecule has 0 saturated carbocycles. The molecular weight excluding hydrogens is 408 g/mol. The minimum Gasteiger partial charge on any atom is -0.483 e. The third-order valence-electron chi connectivity index (χ3n) is 5.04. The third kappa shape index (κ3) is 4.34. The first kappa shape index (κ1) is 21.5. The predicted octanol–water partition coefficient (Wildman–Crippen LogP) is 2.01. The number of rotatable bonds is 5. The second kappa shape index (κ2) is 9.06. The van der Waals surface area contributed by atoms with E-state index in [1.165, 1.54) is 0 Å². The fourth-order valence-corrected chi connectivity index (χ4v) is 3.73. The highest BCUT2D eigenvalue weighted by atomic mass is 35.5. The first-order valence-electron chi connectivity index (χ1n) is 9.16. The van der Waals surface area contributed by atoms with E-state index in [0.29, 0.717) is 30.4 Å². The first-order valence-corrected chi connectivity index (χ1v) is 9.54. The molecule has 2 heterocycles. The molecule has 1 fully saturated rings. The standard InChI is InChI=1S/C20H19ClN4O2.CH2O2/c21-14-7-5-13(6-8-14)9-20(19(22)27)11-25(12-20)18-15-3-1-2-4-16(15)23-17(10-26)24-18;2-1-3/h1-8,26H,9-12H2,(H2,22,27);1H,(H,2,3). The first-order chi connectivity index (χ1) is 14.4. The number of anilines is 1. The van der Waals surface area contributed by atoms with E-state index < -0.39 is 5.41 Å². The van der Waals surface area contributed by atoms with E-state index in [1.54, 1.807) is 0 Å². The summed E-state index contributed by atoms with van der Waals surface area (Å²) in [5.74, 6) is 0.755. The van der Waals surface area contributed by atoms with Gasteiger partial charge in [0, 0.05) is 23.5 Å².